The van der Waals surface area contributed by atoms with Gasteiger partial charge in [-0.3, -0.25) is 0 Å². The van der Waals surface area contributed by atoms with Gasteiger partial charge in [0, 0.05) is 11.0 Å². The molecule has 5 heteroatoms. The maximum atomic E-state index is 11.4. The maximum Gasteiger partial charge on any atom is 0.344 e. The minimum absolute atomic E-state index is 0.0690. The first kappa shape index (κ1) is 16.0. The monoisotopic (exact) mass is 329 g/mol. The van der Waals surface area contributed by atoms with E-state index in [2.05, 4.69) is 28.2 Å². The van der Waals surface area contributed by atoms with Gasteiger partial charge in [-0.05, 0) is 44.2 Å². The molecular weight excluding hydrogens is 310 g/mol. The molecule has 0 saturated heterocycles. The summed E-state index contributed by atoms with van der Waals surface area (Å²) in [6, 6.07) is 5.65. The molecule has 0 amide bonds. The Labute approximate surface area is 122 Å². The number of hydrogen-bond acceptors (Lipinski definition) is 4. The summed E-state index contributed by atoms with van der Waals surface area (Å²) in [5.41, 5.74) is 1.09. The second-order valence-electron chi connectivity index (χ2n) is 4.36. The lowest BCUT2D eigenvalue weighted by Gasteiger charge is -2.11. The molecule has 0 atom stereocenters. The van der Waals surface area contributed by atoms with E-state index in [0.717, 1.165) is 23.1 Å². The van der Waals surface area contributed by atoms with E-state index in [0.29, 0.717) is 5.75 Å². The number of halogens is 1. The Hall–Kier alpha value is -1.07. The highest BCUT2D eigenvalue weighted by Gasteiger charge is 2.08. The van der Waals surface area contributed by atoms with Crippen LogP contribution in [0.1, 0.15) is 26.3 Å². The minimum atomic E-state index is -0.355. The highest BCUT2D eigenvalue weighted by molar-refractivity contribution is 9.10. The fourth-order valence-electron chi connectivity index (χ4n) is 1.48. The van der Waals surface area contributed by atoms with Crippen LogP contribution in [0.2, 0.25) is 0 Å². The van der Waals surface area contributed by atoms with Gasteiger partial charge >= 0.3 is 5.97 Å². The predicted molar refractivity (Wildman–Crippen MR) is 78.2 cm³/mol. The highest BCUT2D eigenvalue weighted by Crippen LogP contribution is 2.22. The normalized spacial score (nSPS) is 10.6. The molecule has 1 N–H and O–H groups in total. The molecule has 0 heterocycles. The third-order valence-corrected chi connectivity index (χ3v) is 3.08. The summed E-state index contributed by atoms with van der Waals surface area (Å²) in [7, 11) is 0. The lowest BCUT2D eigenvalue weighted by atomic mass is 10.2. The standard InChI is InChI=1S/C14H20BrNO3/c1-4-16-8-11-7-12(5-6-13(11)15)18-9-14(17)19-10(2)3/h5-7,10,16H,4,8-9H2,1-3H3. The van der Waals surface area contributed by atoms with Gasteiger partial charge in [-0.25, -0.2) is 4.79 Å². The Bertz CT molecular complexity index is 421. The minimum Gasteiger partial charge on any atom is -0.482 e. The van der Waals surface area contributed by atoms with Crippen molar-refractivity contribution in [2.24, 2.45) is 0 Å². The summed E-state index contributed by atoms with van der Waals surface area (Å²) in [5, 5.41) is 3.25. The Morgan fingerprint density at radius 2 is 2.16 bits per heavy atom. The van der Waals surface area contributed by atoms with E-state index in [1.807, 2.05) is 32.0 Å². The molecule has 0 saturated carbocycles. The van der Waals surface area contributed by atoms with Crippen LogP contribution in [-0.2, 0) is 16.1 Å². The smallest absolute Gasteiger partial charge is 0.344 e. The second-order valence-corrected chi connectivity index (χ2v) is 5.22. The van der Waals surface area contributed by atoms with Crippen molar-refractivity contribution < 1.29 is 14.3 Å². The van der Waals surface area contributed by atoms with E-state index in [9.17, 15) is 4.79 Å². The molecule has 0 aliphatic rings. The molecule has 0 aliphatic carbocycles. The van der Waals surface area contributed by atoms with Crippen LogP contribution in [0.4, 0.5) is 0 Å². The average molecular weight is 330 g/mol. The van der Waals surface area contributed by atoms with Crippen molar-refractivity contribution >= 4 is 21.9 Å². The van der Waals surface area contributed by atoms with Crippen LogP contribution >= 0.6 is 15.9 Å². The van der Waals surface area contributed by atoms with Crippen LogP contribution < -0.4 is 10.1 Å². The Morgan fingerprint density at radius 3 is 2.79 bits per heavy atom. The van der Waals surface area contributed by atoms with Gasteiger partial charge in [0.25, 0.3) is 0 Å². The quantitative estimate of drug-likeness (QED) is 0.781. The number of hydrogen-bond donors (Lipinski definition) is 1. The first-order chi connectivity index (χ1) is 9.02. The third-order valence-electron chi connectivity index (χ3n) is 2.31. The maximum absolute atomic E-state index is 11.4. The van der Waals surface area contributed by atoms with Crippen LogP contribution in [0.5, 0.6) is 5.75 Å². The van der Waals surface area contributed by atoms with Crippen LogP contribution in [0.25, 0.3) is 0 Å². The molecule has 0 bridgehead atoms. The lowest BCUT2D eigenvalue weighted by Crippen LogP contribution is -2.19. The number of rotatable bonds is 7. The Kier molecular flexibility index (Phi) is 6.87. The summed E-state index contributed by atoms with van der Waals surface area (Å²) in [5.74, 6) is 0.308. The van der Waals surface area contributed by atoms with Gasteiger partial charge in [0.15, 0.2) is 6.61 Å². The molecule has 1 aromatic carbocycles. The van der Waals surface area contributed by atoms with E-state index in [-0.39, 0.29) is 18.7 Å². The molecular formula is C14H20BrNO3. The number of ether oxygens (including phenoxy) is 2. The van der Waals surface area contributed by atoms with Crippen molar-refractivity contribution in [2.45, 2.75) is 33.4 Å². The largest absolute Gasteiger partial charge is 0.482 e. The molecule has 0 aliphatic heterocycles. The Morgan fingerprint density at radius 1 is 1.42 bits per heavy atom. The van der Waals surface area contributed by atoms with Gasteiger partial charge in [0.2, 0.25) is 0 Å². The molecule has 4 nitrogen and oxygen atoms in total. The van der Waals surface area contributed by atoms with Crippen LogP contribution in [0, 0.1) is 0 Å². The van der Waals surface area contributed by atoms with Crippen molar-refractivity contribution in [1.82, 2.24) is 5.32 Å². The number of carbonyl (C=O) groups is 1. The fourth-order valence-corrected chi connectivity index (χ4v) is 1.86. The molecule has 0 fully saturated rings. The van der Waals surface area contributed by atoms with Crippen molar-refractivity contribution in [3.63, 3.8) is 0 Å². The van der Waals surface area contributed by atoms with Crippen LogP contribution in [-0.4, -0.2) is 25.2 Å². The van der Waals surface area contributed by atoms with E-state index >= 15 is 0 Å². The van der Waals surface area contributed by atoms with Gasteiger partial charge < -0.3 is 14.8 Å². The van der Waals surface area contributed by atoms with Crippen LogP contribution in [0.15, 0.2) is 22.7 Å². The lowest BCUT2D eigenvalue weighted by molar-refractivity contribution is -0.149. The Balaban J connectivity index is 2.56. The summed E-state index contributed by atoms with van der Waals surface area (Å²) < 4.78 is 11.4. The van der Waals surface area contributed by atoms with E-state index in [4.69, 9.17) is 9.47 Å². The molecule has 0 spiro atoms. The molecule has 0 aromatic heterocycles. The van der Waals surface area contributed by atoms with Gasteiger partial charge in [0.1, 0.15) is 5.75 Å². The van der Waals surface area contributed by atoms with Gasteiger partial charge in [-0.1, -0.05) is 22.9 Å². The van der Waals surface area contributed by atoms with Crippen molar-refractivity contribution in [2.75, 3.05) is 13.2 Å². The highest BCUT2D eigenvalue weighted by atomic mass is 79.9. The van der Waals surface area contributed by atoms with Gasteiger partial charge in [-0.2, -0.15) is 0 Å². The topological polar surface area (TPSA) is 47.6 Å². The zero-order chi connectivity index (χ0) is 14.3. The van der Waals surface area contributed by atoms with E-state index in [1.165, 1.54) is 0 Å². The number of benzene rings is 1. The third kappa shape index (κ3) is 6.07. The average Bonchev–Trinajstić information content (AvgIpc) is 2.35. The molecule has 106 valence electrons. The SMILES string of the molecule is CCNCc1cc(OCC(=O)OC(C)C)ccc1Br. The van der Waals surface area contributed by atoms with Gasteiger partial charge in [-0.15, -0.1) is 0 Å². The van der Waals surface area contributed by atoms with E-state index in [1.54, 1.807) is 0 Å². The summed E-state index contributed by atoms with van der Waals surface area (Å²) in [4.78, 5) is 11.4. The fraction of sp³-hybridized carbons (Fsp3) is 0.500. The first-order valence-corrected chi connectivity index (χ1v) is 7.13. The van der Waals surface area contributed by atoms with E-state index < -0.39 is 0 Å². The summed E-state index contributed by atoms with van der Waals surface area (Å²) in [6.45, 7) is 7.26. The molecule has 0 radical (unpaired) electrons. The van der Waals surface area contributed by atoms with Crippen molar-refractivity contribution in [1.29, 1.82) is 0 Å². The number of carbonyl (C=O) groups excluding carboxylic acids is 1. The van der Waals surface area contributed by atoms with Gasteiger partial charge in [0.05, 0.1) is 6.10 Å². The molecule has 0 unspecified atom stereocenters. The second kappa shape index (κ2) is 8.17. The van der Waals surface area contributed by atoms with Crippen molar-refractivity contribution in [3.8, 4) is 5.75 Å². The predicted octanol–water partition coefficient (Wildman–Crippen LogP) is 2.89. The van der Waals surface area contributed by atoms with Crippen LogP contribution in [0.3, 0.4) is 0 Å². The number of esters is 1. The van der Waals surface area contributed by atoms with Crippen molar-refractivity contribution in [3.05, 3.63) is 28.2 Å². The summed E-state index contributed by atoms with van der Waals surface area (Å²) >= 11 is 3.49. The summed E-state index contributed by atoms with van der Waals surface area (Å²) in [6.07, 6.45) is -0.120. The molecule has 19 heavy (non-hydrogen) atoms. The zero-order valence-corrected chi connectivity index (χ0v) is 13.1. The number of nitrogens with one attached hydrogen (secondary N) is 1. The first-order valence-electron chi connectivity index (χ1n) is 6.34. The molecule has 1 aromatic rings. The zero-order valence-electron chi connectivity index (χ0n) is 11.5. The molecule has 1 rings (SSSR count).